The molecule has 0 amide bonds. The van der Waals surface area contributed by atoms with Gasteiger partial charge in [-0.15, -0.1) is 0 Å². The lowest BCUT2D eigenvalue weighted by Crippen LogP contribution is -2.30. The van der Waals surface area contributed by atoms with Gasteiger partial charge in [-0.2, -0.15) is 0 Å². The molecule has 2 N–H and O–H groups in total. The second-order valence-corrected chi connectivity index (χ2v) is 5.22. The van der Waals surface area contributed by atoms with Crippen molar-refractivity contribution in [3.63, 3.8) is 0 Å². The SMILES string of the molecule is OB(O)c1cccc(C(F)c2cccc(-c3ccccc3)n2)c1. The molecule has 0 aliphatic heterocycles. The molecule has 1 atom stereocenters. The zero-order chi connectivity index (χ0) is 16.2. The van der Waals surface area contributed by atoms with Crippen LogP contribution in [0.15, 0.2) is 72.8 Å². The van der Waals surface area contributed by atoms with Gasteiger partial charge in [-0.1, -0.05) is 60.7 Å². The van der Waals surface area contributed by atoms with Crippen LogP contribution in [-0.2, 0) is 0 Å². The van der Waals surface area contributed by atoms with Gasteiger partial charge in [0.1, 0.15) is 0 Å². The van der Waals surface area contributed by atoms with Crippen molar-refractivity contribution in [1.29, 1.82) is 0 Å². The molecule has 0 aliphatic carbocycles. The molecule has 0 bridgehead atoms. The van der Waals surface area contributed by atoms with Crippen molar-refractivity contribution in [2.24, 2.45) is 0 Å². The van der Waals surface area contributed by atoms with E-state index in [0.29, 0.717) is 11.3 Å². The topological polar surface area (TPSA) is 53.4 Å². The van der Waals surface area contributed by atoms with Crippen molar-refractivity contribution in [2.45, 2.75) is 6.17 Å². The zero-order valence-corrected chi connectivity index (χ0v) is 12.3. The molecule has 0 saturated heterocycles. The van der Waals surface area contributed by atoms with Gasteiger partial charge in [0.15, 0.2) is 6.17 Å². The molecular weight excluding hydrogens is 292 g/mol. The van der Waals surface area contributed by atoms with Crippen molar-refractivity contribution in [3.05, 3.63) is 84.1 Å². The lowest BCUT2D eigenvalue weighted by molar-refractivity contribution is 0.393. The number of benzene rings is 2. The second-order valence-electron chi connectivity index (χ2n) is 5.22. The highest BCUT2D eigenvalue weighted by Gasteiger charge is 2.18. The quantitative estimate of drug-likeness (QED) is 0.728. The summed E-state index contributed by atoms with van der Waals surface area (Å²) >= 11 is 0. The fourth-order valence-corrected chi connectivity index (χ4v) is 2.41. The van der Waals surface area contributed by atoms with Crippen LogP contribution in [0.4, 0.5) is 4.39 Å². The first-order valence-electron chi connectivity index (χ1n) is 7.27. The molecule has 3 nitrogen and oxygen atoms in total. The zero-order valence-electron chi connectivity index (χ0n) is 12.3. The van der Waals surface area contributed by atoms with Crippen LogP contribution in [0.25, 0.3) is 11.3 Å². The second kappa shape index (κ2) is 6.73. The number of alkyl halides is 1. The molecule has 1 unspecified atom stereocenters. The van der Waals surface area contributed by atoms with Gasteiger partial charge in [0.2, 0.25) is 0 Å². The van der Waals surface area contributed by atoms with E-state index in [1.54, 1.807) is 24.3 Å². The van der Waals surface area contributed by atoms with Crippen LogP contribution in [0, 0.1) is 0 Å². The Morgan fingerprint density at radius 2 is 1.61 bits per heavy atom. The van der Waals surface area contributed by atoms with Crippen molar-refractivity contribution in [1.82, 2.24) is 4.98 Å². The molecular formula is C18H15BFNO2. The summed E-state index contributed by atoms with van der Waals surface area (Å²) in [5, 5.41) is 18.4. The van der Waals surface area contributed by atoms with Gasteiger partial charge < -0.3 is 10.0 Å². The van der Waals surface area contributed by atoms with E-state index in [-0.39, 0.29) is 11.2 Å². The van der Waals surface area contributed by atoms with Gasteiger partial charge in [0, 0.05) is 5.56 Å². The molecule has 0 fully saturated rings. The van der Waals surface area contributed by atoms with Crippen molar-refractivity contribution in [3.8, 4) is 11.3 Å². The number of rotatable bonds is 4. The third-order valence-electron chi connectivity index (χ3n) is 3.60. The maximum absolute atomic E-state index is 14.8. The van der Waals surface area contributed by atoms with E-state index in [0.717, 1.165) is 5.56 Å². The molecule has 23 heavy (non-hydrogen) atoms. The number of hydrogen-bond donors (Lipinski definition) is 2. The molecule has 0 saturated carbocycles. The van der Waals surface area contributed by atoms with Crippen molar-refractivity contribution >= 4 is 12.6 Å². The van der Waals surface area contributed by atoms with Crippen LogP contribution in [0.3, 0.4) is 0 Å². The summed E-state index contributed by atoms with van der Waals surface area (Å²) in [7, 11) is -1.62. The summed E-state index contributed by atoms with van der Waals surface area (Å²) in [5.74, 6) is 0. The molecule has 3 aromatic rings. The molecule has 0 aliphatic rings. The van der Waals surface area contributed by atoms with E-state index < -0.39 is 13.3 Å². The average molecular weight is 307 g/mol. The highest BCUT2D eigenvalue weighted by molar-refractivity contribution is 6.58. The molecule has 2 aromatic carbocycles. The molecule has 5 heteroatoms. The summed E-state index contributed by atoms with van der Waals surface area (Å²) < 4.78 is 14.8. The normalized spacial score (nSPS) is 12.0. The predicted molar refractivity (Wildman–Crippen MR) is 88.9 cm³/mol. The van der Waals surface area contributed by atoms with Crippen LogP contribution in [0.2, 0.25) is 0 Å². The van der Waals surface area contributed by atoms with Gasteiger partial charge in [-0.3, -0.25) is 0 Å². The maximum atomic E-state index is 14.8. The van der Waals surface area contributed by atoms with Crippen LogP contribution < -0.4 is 5.46 Å². The Balaban J connectivity index is 1.94. The fourth-order valence-electron chi connectivity index (χ4n) is 2.41. The fraction of sp³-hybridized carbons (Fsp3) is 0.0556. The Morgan fingerprint density at radius 1 is 0.870 bits per heavy atom. The summed E-state index contributed by atoms with van der Waals surface area (Å²) in [6.07, 6.45) is -1.43. The van der Waals surface area contributed by atoms with Crippen molar-refractivity contribution < 1.29 is 14.4 Å². The minimum absolute atomic E-state index is 0.254. The first-order valence-corrected chi connectivity index (χ1v) is 7.27. The molecule has 3 rings (SSSR count). The van der Waals surface area contributed by atoms with Crippen LogP contribution >= 0.6 is 0 Å². The summed E-state index contributed by atoms with van der Waals surface area (Å²) in [5.41, 5.74) is 2.50. The third kappa shape index (κ3) is 3.47. The van der Waals surface area contributed by atoms with Gasteiger partial charge in [0.25, 0.3) is 0 Å². The predicted octanol–water partition coefficient (Wildman–Crippen LogP) is 2.49. The third-order valence-corrected chi connectivity index (χ3v) is 3.60. The molecule has 0 spiro atoms. The highest BCUT2D eigenvalue weighted by atomic mass is 19.1. The van der Waals surface area contributed by atoms with Crippen LogP contribution in [-0.4, -0.2) is 22.2 Å². The Morgan fingerprint density at radius 3 is 2.35 bits per heavy atom. The van der Waals surface area contributed by atoms with E-state index in [9.17, 15) is 14.4 Å². The summed E-state index contributed by atoms with van der Waals surface area (Å²) in [4.78, 5) is 4.39. The average Bonchev–Trinajstić information content (AvgIpc) is 2.62. The number of hydrogen-bond acceptors (Lipinski definition) is 3. The summed E-state index contributed by atoms with van der Waals surface area (Å²) in [6.45, 7) is 0. The van der Waals surface area contributed by atoms with Gasteiger partial charge in [-0.25, -0.2) is 9.37 Å². The molecule has 114 valence electrons. The Bertz CT molecular complexity index is 796. The van der Waals surface area contributed by atoms with E-state index in [4.69, 9.17) is 0 Å². The first-order chi connectivity index (χ1) is 11.1. The molecule has 0 radical (unpaired) electrons. The number of nitrogens with zero attached hydrogens (tertiary/aromatic N) is 1. The number of halogens is 1. The monoisotopic (exact) mass is 307 g/mol. The van der Waals surface area contributed by atoms with E-state index in [1.807, 2.05) is 36.4 Å². The largest absolute Gasteiger partial charge is 0.488 e. The van der Waals surface area contributed by atoms with E-state index in [2.05, 4.69) is 4.98 Å². The summed E-state index contributed by atoms with van der Waals surface area (Å²) in [6, 6.07) is 21.0. The lowest BCUT2D eigenvalue weighted by Gasteiger charge is -2.11. The minimum atomic E-state index is -1.62. The van der Waals surface area contributed by atoms with Crippen molar-refractivity contribution in [2.75, 3.05) is 0 Å². The maximum Gasteiger partial charge on any atom is 0.488 e. The van der Waals surface area contributed by atoms with E-state index >= 15 is 0 Å². The van der Waals surface area contributed by atoms with E-state index in [1.165, 1.54) is 12.1 Å². The Kier molecular flexibility index (Phi) is 4.51. The lowest BCUT2D eigenvalue weighted by atomic mass is 9.79. The number of pyridine rings is 1. The standard InChI is InChI=1S/C18H15BFNO2/c20-18(14-8-4-9-15(12-14)19(22)23)17-11-5-10-16(21-17)13-6-2-1-3-7-13/h1-12,18,22-23H. The molecule has 1 heterocycles. The number of aromatic nitrogens is 1. The Hall–Kier alpha value is -2.50. The van der Waals surface area contributed by atoms with Crippen LogP contribution in [0.5, 0.6) is 0 Å². The molecule has 1 aromatic heterocycles. The van der Waals surface area contributed by atoms with Gasteiger partial charge in [0.05, 0.1) is 11.4 Å². The van der Waals surface area contributed by atoms with Crippen LogP contribution in [0.1, 0.15) is 17.4 Å². The first kappa shape index (κ1) is 15.4. The smallest absolute Gasteiger partial charge is 0.423 e. The van der Waals surface area contributed by atoms with Gasteiger partial charge >= 0.3 is 7.12 Å². The Labute approximate surface area is 134 Å². The van der Waals surface area contributed by atoms with Gasteiger partial charge in [-0.05, 0) is 23.2 Å². The highest BCUT2D eigenvalue weighted by Crippen LogP contribution is 2.26. The minimum Gasteiger partial charge on any atom is -0.423 e.